The fraction of sp³-hybridized carbons (Fsp3) is 1.00. The fourth-order valence-corrected chi connectivity index (χ4v) is 2.99. The summed E-state index contributed by atoms with van der Waals surface area (Å²) >= 11 is 0. The zero-order valence-corrected chi connectivity index (χ0v) is 11.6. The molecule has 1 heteroatoms. The molecule has 0 heterocycles. The third-order valence-corrected chi connectivity index (χ3v) is 4.11. The number of rotatable bonds is 8. The van der Waals surface area contributed by atoms with E-state index >= 15 is 0 Å². The van der Waals surface area contributed by atoms with Gasteiger partial charge in [0.25, 0.3) is 0 Å². The second kappa shape index (κ2) is 7.32. The molecule has 96 valence electrons. The van der Waals surface area contributed by atoms with E-state index in [2.05, 4.69) is 26.1 Å². The molecule has 1 saturated carbocycles. The molecular weight excluding hydrogens is 194 g/mol. The van der Waals surface area contributed by atoms with Crippen LogP contribution < -0.4 is 5.32 Å². The maximum Gasteiger partial charge on any atom is 0.00106 e. The first kappa shape index (κ1) is 14.0. The second-order valence-electron chi connectivity index (χ2n) is 6.05. The summed E-state index contributed by atoms with van der Waals surface area (Å²) in [5.41, 5.74) is 0.665. The quantitative estimate of drug-likeness (QED) is 0.599. The van der Waals surface area contributed by atoms with Gasteiger partial charge in [0, 0.05) is 12.6 Å². The van der Waals surface area contributed by atoms with E-state index in [4.69, 9.17) is 0 Å². The molecule has 16 heavy (non-hydrogen) atoms. The van der Waals surface area contributed by atoms with Crippen LogP contribution in [-0.4, -0.2) is 12.6 Å². The Hall–Kier alpha value is -0.0400. The first-order chi connectivity index (χ1) is 7.68. The predicted octanol–water partition coefficient (Wildman–Crippen LogP) is 4.52. The van der Waals surface area contributed by atoms with Gasteiger partial charge in [-0.1, -0.05) is 59.3 Å². The van der Waals surface area contributed by atoms with Crippen molar-refractivity contribution in [2.24, 2.45) is 5.41 Å². The monoisotopic (exact) mass is 225 g/mol. The molecule has 0 spiro atoms. The minimum Gasteiger partial charge on any atom is -0.314 e. The molecule has 0 radical (unpaired) electrons. The molecule has 1 nitrogen and oxygen atoms in total. The molecule has 1 aliphatic rings. The lowest BCUT2D eigenvalue weighted by Gasteiger charge is -2.30. The van der Waals surface area contributed by atoms with Crippen LogP contribution in [0.2, 0.25) is 0 Å². The van der Waals surface area contributed by atoms with Gasteiger partial charge in [-0.25, -0.2) is 0 Å². The zero-order valence-electron chi connectivity index (χ0n) is 11.6. The molecule has 0 saturated heterocycles. The van der Waals surface area contributed by atoms with Crippen molar-refractivity contribution in [3.8, 4) is 0 Å². The summed E-state index contributed by atoms with van der Waals surface area (Å²) in [6.07, 6.45) is 13.0. The minimum absolute atomic E-state index is 0.646. The van der Waals surface area contributed by atoms with E-state index < -0.39 is 0 Å². The molecule has 0 atom stereocenters. The topological polar surface area (TPSA) is 12.0 Å². The Kier molecular flexibility index (Phi) is 6.41. The lowest BCUT2D eigenvalue weighted by Crippen LogP contribution is -2.35. The van der Waals surface area contributed by atoms with Crippen molar-refractivity contribution in [2.45, 2.75) is 84.6 Å². The molecule has 0 aromatic carbocycles. The van der Waals surface area contributed by atoms with E-state index in [-0.39, 0.29) is 0 Å². The van der Waals surface area contributed by atoms with Gasteiger partial charge in [-0.15, -0.1) is 0 Å². The summed E-state index contributed by atoms with van der Waals surface area (Å²) < 4.78 is 0. The summed E-state index contributed by atoms with van der Waals surface area (Å²) in [5.74, 6) is 0. The highest BCUT2D eigenvalue weighted by molar-refractivity contribution is 4.87. The smallest absolute Gasteiger partial charge is 0.00106 e. The normalized spacial score (nSPS) is 19.5. The van der Waals surface area contributed by atoms with E-state index in [1.54, 1.807) is 0 Å². The summed E-state index contributed by atoms with van der Waals surface area (Å²) in [7, 11) is 0. The van der Waals surface area contributed by atoms with Crippen molar-refractivity contribution < 1.29 is 0 Å². The van der Waals surface area contributed by atoms with Crippen molar-refractivity contribution in [1.82, 2.24) is 5.32 Å². The maximum atomic E-state index is 3.67. The number of hydrogen-bond donors (Lipinski definition) is 1. The largest absolute Gasteiger partial charge is 0.314 e. The van der Waals surface area contributed by atoms with Gasteiger partial charge in [0.05, 0.1) is 0 Å². The Labute approximate surface area is 102 Å². The van der Waals surface area contributed by atoms with Gasteiger partial charge < -0.3 is 5.32 Å². The molecule has 1 N–H and O–H groups in total. The van der Waals surface area contributed by atoms with E-state index in [1.807, 2.05) is 0 Å². The molecule has 1 aliphatic carbocycles. The SMILES string of the molecule is CCCCCCC1(CNC(C)C)CCCC1. The van der Waals surface area contributed by atoms with Crippen LogP contribution in [0.4, 0.5) is 0 Å². The highest BCUT2D eigenvalue weighted by Crippen LogP contribution is 2.41. The average Bonchev–Trinajstić information content (AvgIpc) is 2.71. The van der Waals surface area contributed by atoms with Crippen molar-refractivity contribution in [1.29, 1.82) is 0 Å². The van der Waals surface area contributed by atoms with Gasteiger partial charge in [0.15, 0.2) is 0 Å². The summed E-state index contributed by atoms with van der Waals surface area (Å²) in [6, 6.07) is 0.646. The van der Waals surface area contributed by atoms with E-state index in [0.717, 1.165) is 0 Å². The van der Waals surface area contributed by atoms with E-state index in [9.17, 15) is 0 Å². The maximum absolute atomic E-state index is 3.67. The van der Waals surface area contributed by atoms with Crippen molar-refractivity contribution in [2.75, 3.05) is 6.54 Å². The number of nitrogens with one attached hydrogen (secondary N) is 1. The van der Waals surface area contributed by atoms with Gasteiger partial charge in [-0.3, -0.25) is 0 Å². The van der Waals surface area contributed by atoms with Gasteiger partial charge in [-0.2, -0.15) is 0 Å². The molecule has 1 rings (SSSR count). The molecule has 0 bridgehead atoms. The minimum atomic E-state index is 0.646. The van der Waals surface area contributed by atoms with Crippen LogP contribution in [0.1, 0.15) is 78.6 Å². The van der Waals surface area contributed by atoms with Gasteiger partial charge in [0.1, 0.15) is 0 Å². The van der Waals surface area contributed by atoms with Crippen LogP contribution in [0.15, 0.2) is 0 Å². The number of unbranched alkanes of at least 4 members (excludes halogenated alkanes) is 3. The second-order valence-corrected chi connectivity index (χ2v) is 6.05. The third-order valence-electron chi connectivity index (χ3n) is 4.11. The van der Waals surface area contributed by atoms with E-state index in [0.29, 0.717) is 11.5 Å². The third kappa shape index (κ3) is 4.86. The molecule has 1 fully saturated rings. The molecule has 0 aliphatic heterocycles. The highest BCUT2D eigenvalue weighted by atomic mass is 14.9. The summed E-state index contributed by atoms with van der Waals surface area (Å²) in [4.78, 5) is 0. The Bertz CT molecular complexity index is 168. The predicted molar refractivity (Wildman–Crippen MR) is 72.8 cm³/mol. The van der Waals surface area contributed by atoms with Crippen molar-refractivity contribution in [3.05, 3.63) is 0 Å². The Balaban J connectivity index is 2.27. The Morgan fingerprint density at radius 1 is 1.06 bits per heavy atom. The lowest BCUT2D eigenvalue weighted by atomic mass is 9.80. The van der Waals surface area contributed by atoms with Gasteiger partial charge in [0.2, 0.25) is 0 Å². The standard InChI is InChI=1S/C15H31N/c1-4-5-6-7-10-15(11-8-9-12-15)13-16-14(2)3/h14,16H,4-13H2,1-3H3. The summed E-state index contributed by atoms with van der Waals surface area (Å²) in [6.45, 7) is 8.09. The van der Waals surface area contributed by atoms with E-state index in [1.165, 1.54) is 64.3 Å². The van der Waals surface area contributed by atoms with Crippen LogP contribution >= 0.6 is 0 Å². The van der Waals surface area contributed by atoms with Crippen LogP contribution in [0.5, 0.6) is 0 Å². The molecular formula is C15H31N. The molecule has 0 amide bonds. The first-order valence-electron chi connectivity index (χ1n) is 7.42. The van der Waals surface area contributed by atoms with Crippen LogP contribution in [0, 0.1) is 5.41 Å². The molecule has 0 unspecified atom stereocenters. The zero-order chi connectivity index (χ0) is 11.9. The first-order valence-corrected chi connectivity index (χ1v) is 7.42. The van der Waals surface area contributed by atoms with Crippen LogP contribution in [0.25, 0.3) is 0 Å². The molecule has 0 aromatic rings. The average molecular weight is 225 g/mol. The number of hydrogen-bond acceptors (Lipinski definition) is 1. The van der Waals surface area contributed by atoms with Gasteiger partial charge >= 0.3 is 0 Å². The molecule has 0 aromatic heterocycles. The van der Waals surface area contributed by atoms with Crippen molar-refractivity contribution in [3.63, 3.8) is 0 Å². The highest BCUT2D eigenvalue weighted by Gasteiger charge is 2.32. The van der Waals surface area contributed by atoms with Crippen LogP contribution in [-0.2, 0) is 0 Å². The van der Waals surface area contributed by atoms with Crippen LogP contribution in [0.3, 0.4) is 0 Å². The Morgan fingerprint density at radius 3 is 2.31 bits per heavy atom. The fourth-order valence-electron chi connectivity index (χ4n) is 2.99. The van der Waals surface area contributed by atoms with Crippen molar-refractivity contribution >= 4 is 0 Å². The Morgan fingerprint density at radius 2 is 1.75 bits per heavy atom. The lowest BCUT2D eigenvalue weighted by molar-refractivity contribution is 0.241. The van der Waals surface area contributed by atoms with Gasteiger partial charge in [-0.05, 0) is 24.7 Å². The summed E-state index contributed by atoms with van der Waals surface area (Å²) in [5, 5.41) is 3.67.